The first-order chi connectivity index (χ1) is 13.8. The van der Waals surface area contributed by atoms with Crippen molar-refractivity contribution in [3.8, 4) is 0 Å². The zero-order valence-corrected chi connectivity index (χ0v) is 15.8. The van der Waals surface area contributed by atoms with Crippen molar-refractivity contribution in [3.05, 3.63) is 95.7 Å². The Bertz CT molecular complexity index is 1050. The number of fused-ring (bicyclic) bond motifs is 1. The third kappa shape index (κ3) is 3.73. The molecule has 3 aromatic rings. The molecule has 0 saturated carbocycles. The van der Waals surface area contributed by atoms with Crippen LogP contribution < -0.4 is 5.32 Å². The fourth-order valence-corrected chi connectivity index (χ4v) is 3.45. The summed E-state index contributed by atoms with van der Waals surface area (Å²) in [6.45, 7) is 0. The van der Waals surface area contributed by atoms with Gasteiger partial charge in [-0.1, -0.05) is 66.8 Å². The molecule has 1 N–H and O–H groups in total. The maximum absolute atomic E-state index is 13.2. The van der Waals surface area contributed by atoms with Crippen molar-refractivity contribution in [1.29, 1.82) is 0 Å². The van der Waals surface area contributed by atoms with Crippen LogP contribution in [-0.2, 0) is 4.74 Å². The quantitative estimate of drug-likeness (QED) is 0.640. The number of ether oxygens (including phenoxy) is 1. The van der Waals surface area contributed by atoms with Gasteiger partial charge in [0.1, 0.15) is 0 Å². The number of nitrogens with one attached hydrogen (secondary N) is 1. The molecule has 1 aliphatic rings. The molecule has 1 atom stereocenters. The lowest BCUT2D eigenvalue weighted by molar-refractivity contribution is 0.0576. The normalized spacial score (nSPS) is 14.5. The zero-order valence-electron chi connectivity index (χ0n) is 15.8. The van der Waals surface area contributed by atoms with Crippen LogP contribution in [0.25, 0.3) is 16.5 Å². The Morgan fingerprint density at radius 1 is 1.11 bits per heavy atom. The monoisotopic (exact) mass is 370 g/mol. The minimum absolute atomic E-state index is 0.178. The van der Waals surface area contributed by atoms with Gasteiger partial charge in [0.05, 0.1) is 16.8 Å². The summed E-state index contributed by atoms with van der Waals surface area (Å²) >= 11 is 0. The average molecular weight is 370 g/mol. The summed E-state index contributed by atoms with van der Waals surface area (Å²) in [7, 11) is 1.59. The standard InChI is InChI=1S/C24H22N2O2/c1-28-24(18-12-6-3-7-13-18)26-23(27)20-16-22(17-10-4-2-5-11-17)25-21-15-9-8-14-19(20)21/h2-4,6-10,12-16,24H,5,11H2,1H3,(H,26,27). The number of nitrogens with zero attached hydrogens (tertiary/aromatic N) is 1. The van der Waals surface area contributed by atoms with E-state index in [1.807, 2.05) is 66.7 Å². The van der Waals surface area contributed by atoms with Gasteiger partial charge in [0, 0.05) is 18.1 Å². The Morgan fingerprint density at radius 2 is 1.89 bits per heavy atom. The van der Waals surface area contributed by atoms with Crippen LogP contribution in [-0.4, -0.2) is 18.0 Å². The van der Waals surface area contributed by atoms with Crippen LogP contribution >= 0.6 is 0 Å². The zero-order chi connectivity index (χ0) is 19.3. The maximum atomic E-state index is 13.2. The van der Waals surface area contributed by atoms with E-state index in [1.165, 1.54) is 0 Å². The van der Waals surface area contributed by atoms with Gasteiger partial charge < -0.3 is 10.1 Å². The van der Waals surface area contributed by atoms with Gasteiger partial charge in [-0.2, -0.15) is 0 Å². The SMILES string of the molecule is COC(NC(=O)c1cc(C2=CC=CCC2)nc2ccccc12)c1ccccc1. The van der Waals surface area contributed by atoms with Gasteiger partial charge in [0.15, 0.2) is 6.23 Å². The van der Waals surface area contributed by atoms with E-state index in [-0.39, 0.29) is 5.91 Å². The fourth-order valence-electron chi connectivity index (χ4n) is 3.45. The predicted molar refractivity (Wildman–Crippen MR) is 112 cm³/mol. The van der Waals surface area contributed by atoms with Crippen molar-refractivity contribution in [2.45, 2.75) is 19.1 Å². The highest BCUT2D eigenvalue weighted by Crippen LogP contribution is 2.27. The van der Waals surface area contributed by atoms with Crippen LogP contribution in [0.3, 0.4) is 0 Å². The number of amides is 1. The number of hydrogen-bond donors (Lipinski definition) is 1. The first kappa shape index (κ1) is 18.1. The van der Waals surface area contributed by atoms with Gasteiger partial charge in [-0.3, -0.25) is 4.79 Å². The van der Waals surface area contributed by atoms with E-state index in [1.54, 1.807) is 7.11 Å². The number of carbonyl (C=O) groups is 1. The number of hydrogen-bond acceptors (Lipinski definition) is 3. The molecule has 0 bridgehead atoms. The Labute approximate surface area is 164 Å². The number of methoxy groups -OCH3 is 1. The largest absolute Gasteiger partial charge is 0.357 e. The molecule has 2 aromatic carbocycles. The van der Waals surface area contributed by atoms with Crippen molar-refractivity contribution in [2.24, 2.45) is 0 Å². The molecule has 4 rings (SSSR count). The van der Waals surface area contributed by atoms with Crippen LogP contribution in [0.2, 0.25) is 0 Å². The van der Waals surface area contributed by atoms with Gasteiger partial charge in [0.25, 0.3) is 5.91 Å². The highest BCUT2D eigenvalue weighted by Gasteiger charge is 2.19. The summed E-state index contributed by atoms with van der Waals surface area (Å²) < 4.78 is 5.52. The second kappa shape index (κ2) is 8.19. The minimum atomic E-state index is -0.513. The van der Waals surface area contributed by atoms with Crippen molar-refractivity contribution in [1.82, 2.24) is 10.3 Å². The molecule has 1 unspecified atom stereocenters. The van der Waals surface area contributed by atoms with E-state index < -0.39 is 6.23 Å². The number of rotatable bonds is 5. The Kier molecular flexibility index (Phi) is 5.31. The molecule has 1 aromatic heterocycles. The molecule has 0 fully saturated rings. The third-order valence-corrected chi connectivity index (χ3v) is 4.90. The topological polar surface area (TPSA) is 51.2 Å². The number of carbonyl (C=O) groups excluding carboxylic acids is 1. The lowest BCUT2D eigenvalue weighted by atomic mass is 9.98. The summed E-state index contributed by atoms with van der Waals surface area (Å²) in [4.78, 5) is 18.0. The van der Waals surface area contributed by atoms with Gasteiger partial charge in [-0.25, -0.2) is 4.98 Å². The van der Waals surface area contributed by atoms with E-state index in [4.69, 9.17) is 9.72 Å². The lowest BCUT2D eigenvalue weighted by Gasteiger charge is -2.19. The first-order valence-electron chi connectivity index (χ1n) is 9.41. The van der Waals surface area contributed by atoms with Crippen LogP contribution in [0.5, 0.6) is 0 Å². The van der Waals surface area contributed by atoms with E-state index in [0.29, 0.717) is 5.56 Å². The van der Waals surface area contributed by atoms with Crippen LogP contribution in [0.1, 0.15) is 40.7 Å². The fraction of sp³-hybridized carbons (Fsp3) is 0.167. The first-order valence-corrected chi connectivity index (χ1v) is 9.41. The number of aromatic nitrogens is 1. The molecule has 140 valence electrons. The van der Waals surface area contributed by atoms with Crippen molar-refractivity contribution in [3.63, 3.8) is 0 Å². The Balaban J connectivity index is 1.73. The van der Waals surface area contributed by atoms with Crippen LogP contribution in [0.15, 0.2) is 78.9 Å². The smallest absolute Gasteiger partial charge is 0.254 e. The molecular formula is C24H22N2O2. The predicted octanol–water partition coefficient (Wildman–Crippen LogP) is 5.04. The highest BCUT2D eigenvalue weighted by atomic mass is 16.5. The van der Waals surface area contributed by atoms with Gasteiger partial charge in [0.2, 0.25) is 0 Å². The number of para-hydroxylation sites is 1. The minimum Gasteiger partial charge on any atom is -0.357 e. The Hall–Kier alpha value is -3.24. The summed E-state index contributed by atoms with van der Waals surface area (Å²) in [5.74, 6) is -0.178. The number of pyridine rings is 1. The average Bonchev–Trinajstić information content (AvgIpc) is 2.77. The molecule has 0 radical (unpaired) electrons. The molecule has 0 spiro atoms. The molecular weight excluding hydrogens is 348 g/mol. The molecule has 4 nitrogen and oxygen atoms in total. The molecule has 0 saturated heterocycles. The second-order valence-corrected chi connectivity index (χ2v) is 6.73. The molecule has 1 aliphatic carbocycles. The van der Waals surface area contributed by atoms with E-state index in [2.05, 4.69) is 17.5 Å². The maximum Gasteiger partial charge on any atom is 0.254 e. The Morgan fingerprint density at radius 3 is 2.64 bits per heavy atom. The van der Waals surface area contributed by atoms with Gasteiger partial charge in [-0.05, 0) is 30.5 Å². The molecule has 4 heteroatoms. The van der Waals surface area contributed by atoms with Crippen molar-refractivity contribution in [2.75, 3.05) is 7.11 Å². The van der Waals surface area contributed by atoms with Crippen LogP contribution in [0, 0.1) is 0 Å². The van der Waals surface area contributed by atoms with E-state index in [9.17, 15) is 4.79 Å². The summed E-state index contributed by atoms with van der Waals surface area (Å²) in [6, 6.07) is 19.3. The van der Waals surface area contributed by atoms with Crippen LogP contribution in [0.4, 0.5) is 0 Å². The molecule has 28 heavy (non-hydrogen) atoms. The van der Waals surface area contributed by atoms with Crippen molar-refractivity contribution < 1.29 is 9.53 Å². The van der Waals surface area contributed by atoms with Gasteiger partial charge >= 0.3 is 0 Å². The molecule has 1 heterocycles. The van der Waals surface area contributed by atoms with Crippen molar-refractivity contribution >= 4 is 22.4 Å². The highest BCUT2D eigenvalue weighted by molar-refractivity contribution is 6.07. The van der Waals surface area contributed by atoms with Gasteiger partial charge in [-0.15, -0.1) is 0 Å². The molecule has 0 aliphatic heterocycles. The molecule has 1 amide bonds. The summed E-state index contributed by atoms with van der Waals surface area (Å²) in [6.07, 6.45) is 7.66. The second-order valence-electron chi connectivity index (χ2n) is 6.73. The number of allylic oxidation sites excluding steroid dienone is 4. The number of benzene rings is 2. The third-order valence-electron chi connectivity index (χ3n) is 4.90. The lowest BCUT2D eigenvalue weighted by Crippen LogP contribution is -2.30. The summed E-state index contributed by atoms with van der Waals surface area (Å²) in [5.41, 5.74) is 4.32. The van der Waals surface area contributed by atoms with E-state index in [0.717, 1.165) is 40.6 Å². The summed E-state index contributed by atoms with van der Waals surface area (Å²) in [5, 5.41) is 3.83. The van der Waals surface area contributed by atoms with E-state index >= 15 is 0 Å².